The number of carbonyl (C=O) groups excluding carboxylic acids is 1. The van der Waals surface area contributed by atoms with Gasteiger partial charge in [-0.2, -0.15) is 0 Å². The molecule has 0 spiro atoms. The van der Waals surface area contributed by atoms with E-state index in [0.29, 0.717) is 33.4 Å². The molecule has 2 rings (SSSR count). The summed E-state index contributed by atoms with van der Waals surface area (Å²) in [6, 6.07) is 12.6. The molecule has 0 atom stereocenters. The SMILES string of the molecule is CCOC(=S)c1cc(C(C)(C)C)ccc1C(=O)c1ccc(Cl)cc1. The molecule has 0 unspecified atom stereocenters. The van der Waals surface area contributed by atoms with Crippen LogP contribution >= 0.6 is 23.8 Å². The Balaban J connectivity index is 2.53. The minimum absolute atomic E-state index is 0.0432. The van der Waals surface area contributed by atoms with E-state index in [9.17, 15) is 4.79 Å². The molecule has 0 fully saturated rings. The Bertz CT molecular complexity index is 758. The Morgan fingerprint density at radius 2 is 1.71 bits per heavy atom. The first kappa shape index (κ1) is 18.6. The van der Waals surface area contributed by atoms with Gasteiger partial charge in [-0.1, -0.05) is 38.4 Å². The van der Waals surface area contributed by atoms with Crippen LogP contribution < -0.4 is 0 Å². The van der Waals surface area contributed by atoms with Crippen molar-refractivity contribution in [2.24, 2.45) is 0 Å². The van der Waals surface area contributed by atoms with Gasteiger partial charge in [-0.25, -0.2) is 0 Å². The summed E-state index contributed by atoms with van der Waals surface area (Å²) in [6.45, 7) is 8.71. The first-order valence-corrected chi connectivity index (χ1v) is 8.64. The molecule has 0 amide bonds. The van der Waals surface area contributed by atoms with Crippen LogP contribution in [0.1, 0.15) is 54.7 Å². The Morgan fingerprint density at radius 3 is 2.25 bits per heavy atom. The van der Waals surface area contributed by atoms with E-state index in [1.807, 2.05) is 25.1 Å². The monoisotopic (exact) mass is 360 g/mol. The van der Waals surface area contributed by atoms with Crippen LogP contribution in [-0.2, 0) is 10.2 Å². The van der Waals surface area contributed by atoms with Gasteiger partial charge in [-0.15, -0.1) is 0 Å². The lowest BCUT2D eigenvalue weighted by Crippen LogP contribution is -2.16. The number of ketones is 1. The zero-order valence-electron chi connectivity index (χ0n) is 14.4. The number of halogens is 1. The number of thiocarbonyl (C=S) groups is 1. The highest BCUT2D eigenvalue weighted by Crippen LogP contribution is 2.27. The Hall–Kier alpha value is -1.71. The summed E-state index contributed by atoms with van der Waals surface area (Å²) < 4.78 is 5.50. The molecule has 0 N–H and O–H groups in total. The van der Waals surface area contributed by atoms with Crippen molar-refractivity contribution in [3.8, 4) is 0 Å². The molecule has 0 aliphatic carbocycles. The van der Waals surface area contributed by atoms with Gasteiger partial charge in [0.15, 0.2) is 10.8 Å². The van der Waals surface area contributed by atoms with Gasteiger partial charge >= 0.3 is 0 Å². The molecule has 2 nitrogen and oxygen atoms in total. The van der Waals surface area contributed by atoms with Crippen LogP contribution in [0.4, 0.5) is 0 Å². The normalized spacial score (nSPS) is 11.2. The fourth-order valence-corrected chi connectivity index (χ4v) is 2.76. The molecule has 0 aliphatic rings. The zero-order chi connectivity index (χ0) is 17.9. The molecule has 0 saturated heterocycles. The van der Waals surface area contributed by atoms with Gasteiger partial charge in [0.2, 0.25) is 0 Å². The van der Waals surface area contributed by atoms with Crippen LogP contribution in [0.2, 0.25) is 5.02 Å². The van der Waals surface area contributed by atoms with E-state index in [0.717, 1.165) is 5.56 Å². The Labute approximate surface area is 153 Å². The minimum Gasteiger partial charge on any atom is -0.483 e. The number of benzene rings is 2. The number of rotatable bonds is 4. The van der Waals surface area contributed by atoms with Crippen LogP contribution in [-0.4, -0.2) is 17.4 Å². The van der Waals surface area contributed by atoms with E-state index in [4.69, 9.17) is 28.6 Å². The molecular formula is C20H21ClO2S. The molecule has 0 aromatic heterocycles. The van der Waals surface area contributed by atoms with E-state index in [1.165, 1.54) is 0 Å². The third-order valence-electron chi connectivity index (χ3n) is 3.73. The lowest BCUT2D eigenvalue weighted by atomic mass is 9.84. The Kier molecular flexibility index (Phi) is 5.79. The second kappa shape index (κ2) is 7.45. The molecule has 0 aliphatic heterocycles. The first-order valence-electron chi connectivity index (χ1n) is 7.86. The Morgan fingerprint density at radius 1 is 1.08 bits per heavy atom. The highest BCUT2D eigenvalue weighted by molar-refractivity contribution is 7.80. The number of hydrogen-bond acceptors (Lipinski definition) is 3. The van der Waals surface area contributed by atoms with Crippen LogP contribution in [0, 0.1) is 0 Å². The second-order valence-electron chi connectivity index (χ2n) is 6.57. The molecular weight excluding hydrogens is 340 g/mol. The van der Waals surface area contributed by atoms with Gasteiger partial charge in [0.05, 0.1) is 6.61 Å². The average Bonchev–Trinajstić information content (AvgIpc) is 2.53. The van der Waals surface area contributed by atoms with Gasteiger partial charge in [-0.05, 0) is 66.5 Å². The molecule has 0 saturated carbocycles. The standard InChI is InChI=1S/C20H21ClO2S/c1-5-23-19(24)17-12-14(20(2,3)4)8-11-16(17)18(22)13-6-9-15(21)10-7-13/h6-12H,5H2,1-4H3. The molecule has 0 heterocycles. The molecule has 2 aromatic carbocycles. The second-order valence-corrected chi connectivity index (χ2v) is 7.37. The summed E-state index contributed by atoms with van der Waals surface area (Å²) in [7, 11) is 0. The number of carbonyl (C=O) groups is 1. The third-order valence-corrected chi connectivity index (χ3v) is 4.32. The summed E-state index contributed by atoms with van der Waals surface area (Å²) in [5.41, 5.74) is 2.84. The van der Waals surface area contributed by atoms with Crippen LogP contribution in [0.25, 0.3) is 0 Å². The predicted molar refractivity (Wildman–Crippen MR) is 103 cm³/mol. The zero-order valence-corrected chi connectivity index (χ0v) is 15.9. The average molecular weight is 361 g/mol. The van der Waals surface area contributed by atoms with Crippen molar-refractivity contribution in [1.82, 2.24) is 0 Å². The maximum absolute atomic E-state index is 12.9. The lowest BCUT2D eigenvalue weighted by Gasteiger charge is -2.21. The minimum atomic E-state index is -0.0934. The smallest absolute Gasteiger partial charge is 0.193 e. The third kappa shape index (κ3) is 4.22. The van der Waals surface area contributed by atoms with Gasteiger partial charge in [0, 0.05) is 21.7 Å². The fourth-order valence-electron chi connectivity index (χ4n) is 2.34. The van der Waals surface area contributed by atoms with E-state index >= 15 is 0 Å². The highest BCUT2D eigenvalue weighted by atomic mass is 35.5. The largest absolute Gasteiger partial charge is 0.483 e. The van der Waals surface area contributed by atoms with Crippen molar-refractivity contribution < 1.29 is 9.53 Å². The van der Waals surface area contributed by atoms with Gasteiger partial charge in [0.25, 0.3) is 0 Å². The molecule has 0 bridgehead atoms. The summed E-state index contributed by atoms with van der Waals surface area (Å²) in [5, 5.41) is 0.945. The quantitative estimate of drug-likeness (QED) is 0.525. The summed E-state index contributed by atoms with van der Waals surface area (Å²) in [6.07, 6.45) is 0. The van der Waals surface area contributed by atoms with E-state index in [2.05, 4.69) is 20.8 Å². The molecule has 126 valence electrons. The van der Waals surface area contributed by atoms with Crippen molar-refractivity contribution in [3.63, 3.8) is 0 Å². The lowest BCUT2D eigenvalue weighted by molar-refractivity contribution is 0.103. The van der Waals surface area contributed by atoms with Crippen LogP contribution in [0.15, 0.2) is 42.5 Å². The van der Waals surface area contributed by atoms with E-state index < -0.39 is 0 Å². The van der Waals surface area contributed by atoms with Crippen molar-refractivity contribution >= 4 is 34.7 Å². The summed E-state index contributed by atoms with van der Waals surface area (Å²) >= 11 is 11.3. The van der Waals surface area contributed by atoms with E-state index in [1.54, 1.807) is 24.3 Å². The van der Waals surface area contributed by atoms with E-state index in [-0.39, 0.29) is 11.2 Å². The van der Waals surface area contributed by atoms with Gasteiger partial charge < -0.3 is 4.74 Å². The fraction of sp³-hybridized carbons (Fsp3) is 0.300. The number of ether oxygens (including phenoxy) is 1. The molecule has 24 heavy (non-hydrogen) atoms. The molecule has 0 radical (unpaired) electrons. The number of hydrogen-bond donors (Lipinski definition) is 0. The highest BCUT2D eigenvalue weighted by Gasteiger charge is 2.21. The van der Waals surface area contributed by atoms with Gasteiger partial charge in [-0.3, -0.25) is 4.79 Å². The van der Waals surface area contributed by atoms with Crippen LogP contribution in [0.3, 0.4) is 0 Å². The summed E-state index contributed by atoms with van der Waals surface area (Å²) in [4.78, 5) is 12.9. The summed E-state index contributed by atoms with van der Waals surface area (Å²) in [5.74, 6) is -0.0934. The van der Waals surface area contributed by atoms with Crippen molar-refractivity contribution in [3.05, 3.63) is 69.7 Å². The van der Waals surface area contributed by atoms with Crippen LogP contribution in [0.5, 0.6) is 0 Å². The maximum Gasteiger partial charge on any atom is 0.193 e. The first-order chi connectivity index (χ1) is 11.2. The maximum atomic E-state index is 12.9. The van der Waals surface area contributed by atoms with Crippen molar-refractivity contribution in [2.75, 3.05) is 6.61 Å². The van der Waals surface area contributed by atoms with Crippen molar-refractivity contribution in [1.29, 1.82) is 0 Å². The topological polar surface area (TPSA) is 26.3 Å². The molecule has 4 heteroatoms. The molecule has 2 aromatic rings. The predicted octanol–water partition coefficient (Wildman–Crippen LogP) is 5.58. The van der Waals surface area contributed by atoms with Gasteiger partial charge in [0.1, 0.15) is 0 Å². The van der Waals surface area contributed by atoms with Crippen molar-refractivity contribution in [2.45, 2.75) is 33.1 Å².